The maximum absolute atomic E-state index is 5.71. The van der Waals surface area contributed by atoms with Crippen LogP contribution in [-0.4, -0.2) is 40.0 Å². The fraction of sp³-hybridized carbons (Fsp3) is 0.526. The molecule has 0 radical (unpaired) electrons. The summed E-state index contributed by atoms with van der Waals surface area (Å²) in [6.07, 6.45) is 2.47. The van der Waals surface area contributed by atoms with Crippen molar-refractivity contribution in [3.63, 3.8) is 0 Å². The number of benzene rings is 1. The van der Waals surface area contributed by atoms with Crippen LogP contribution in [0.4, 0.5) is 0 Å². The molecule has 0 saturated carbocycles. The van der Waals surface area contributed by atoms with Gasteiger partial charge in [-0.25, -0.2) is 4.99 Å². The topological polar surface area (TPSA) is 76.4 Å². The third-order valence-electron chi connectivity index (χ3n) is 4.83. The molecule has 1 atom stereocenters. The van der Waals surface area contributed by atoms with Gasteiger partial charge in [-0.1, -0.05) is 22.0 Å². The summed E-state index contributed by atoms with van der Waals surface area (Å²) in [7, 11) is 1.97. The number of hydrogen-bond donors (Lipinski definition) is 2. The SMILES string of the molecule is Cc1cc(Br)ccc1CN=C(NCc1nnc(C)n1C)NCC1CCCO1.I. The molecule has 2 heterocycles. The molecule has 1 aromatic heterocycles. The van der Waals surface area contributed by atoms with Gasteiger partial charge in [-0.15, -0.1) is 34.2 Å². The van der Waals surface area contributed by atoms with Crippen molar-refractivity contribution in [2.45, 2.75) is 45.9 Å². The van der Waals surface area contributed by atoms with Gasteiger partial charge >= 0.3 is 0 Å². The Morgan fingerprint density at radius 2 is 2.14 bits per heavy atom. The fourth-order valence-corrected chi connectivity index (χ4v) is 3.43. The molecule has 0 bridgehead atoms. The first-order valence-corrected chi connectivity index (χ1v) is 10.1. The van der Waals surface area contributed by atoms with Crippen molar-refractivity contribution in [3.8, 4) is 0 Å². The molecule has 1 aliphatic heterocycles. The van der Waals surface area contributed by atoms with Crippen LogP contribution >= 0.6 is 39.9 Å². The molecule has 3 rings (SSSR count). The monoisotopic (exact) mass is 562 g/mol. The van der Waals surface area contributed by atoms with E-state index in [1.807, 2.05) is 24.6 Å². The number of hydrogen-bond acceptors (Lipinski definition) is 4. The van der Waals surface area contributed by atoms with Gasteiger partial charge in [0, 0.05) is 24.7 Å². The minimum atomic E-state index is 0. The lowest BCUT2D eigenvalue weighted by Crippen LogP contribution is -2.41. The number of aromatic nitrogens is 3. The van der Waals surface area contributed by atoms with Crippen molar-refractivity contribution < 1.29 is 4.74 Å². The van der Waals surface area contributed by atoms with Crippen LogP contribution in [0.3, 0.4) is 0 Å². The van der Waals surface area contributed by atoms with Crippen LogP contribution in [0, 0.1) is 13.8 Å². The lowest BCUT2D eigenvalue weighted by molar-refractivity contribution is 0.113. The molecule has 1 unspecified atom stereocenters. The quantitative estimate of drug-likeness (QED) is 0.321. The second-order valence-corrected chi connectivity index (χ2v) is 7.74. The molecule has 2 aromatic rings. The zero-order valence-electron chi connectivity index (χ0n) is 16.5. The Morgan fingerprint density at radius 3 is 2.79 bits per heavy atom. The first kappa shape index (κ1) is 23.1. The maximum Gasteiger partial charge on any atom is 0.192 e. The Balaban J connectivity index is 0.00000280. The Kier molecular flexibility index (Phi) is 9.16. The summed E-state index contributed by atoms with van der Waals surface area (Å²) in [5, 5.41) is 15.1. The van der Waals surface area contributed by atoms with E-state index >= 15 is 0 Å². The van der Waals surface area contributed by atoms with Crippen LogP contribution in [0.1, 0.15) is 35.6 Å². The normalized spacial score (nSPS) is 16.7. The van der Waals surface area contributed by atoms with Crippen LogP contribution in [0.25, 0.3) is 0 Å². The maximum atomic E-state index is 5.71. The molecule has 1 aromatic carbocycles. The predicted octanol–water partition coefficient (Wildman–Crippen LogP) is 3.23. The zero-order chi connectivity index (χ0) is 19.2. The first-order chi connectivity index (χ1) is 13.0. The van der Waals surface area contributed by atoms with Crippen molar-refractivity contribution in [1.29, 1.82) is 0 Å². The lowest BCUT2D eigenvalue weighted by Gasteiger charge is -2.16. The Labute approximate surface area is 191 Å². The molecule has 0 aliphatic carbocycles. The third kappa shape index (κ3) is 6.41. The number of ether oxygens (including phenoxy) is 1. The van der Waals surface area contributed by atoms with Crippen LogP contribution in [0.5, 0.6) is 0 Å². The molecule has 1 saturated heterocycles. The van der Waals surface area contributed by atoms with E-state index in [4.69, 9.17) is 9.73 Å². The molecule has 9 heteroatoms. The summed E-state index contributed by atoms with van der Waals surface area (Å²) >= 11 is 3.51. The van der Waals surface area contributed by atoms with Crippen molar-refractivity contribution >= 4 is 45.9 Å². The van der Waals surface area contributed by atoms with E-state index in [1.165, 1.54) is 11.1 Å². The van der Waals surface area contributed by atoms with E-state index in [2.05, 4.69) is 55.8 Å². The molecular formula is C19H28BrIN6O. The average Bonchev–Trinajstić information content (AvgIpc) is 3.27. The van der Waals surface area contributed by atoms with Gasteiger partial charge in [0.2, 0.25) is 0 Å². The number of nitrogens with one attached hydrogen (secondary N) is 2. The van der Waals surface area contributed by atoms with Crippen molar-refractivity contribution in [2.24, 2.45) is 12.0 Å². The summed E-state index contributed by atoms with van der Waals surface area (Å²) in [4.78, 5) is 4.76. The molecule has 7 nitrogen and oxygen atoms in total. The van der Waals surface area contributed by atoms with E-state index in [0.29, 0.717) is 13.1 Å². The van der Waals surface area contributed by atoms with E-state index in [0.717, 1.165) is 48.1 Å². The van der Waals surface area contributed by atoms with Gasteiger partial charge in [0.25, 0.3) is 0 Å². The van der Waals surface area contributed by atoms with Gasteiger partial charge in [0.05, 0.1) is 19.2 Å². The number of guanidine groups is 1. The largest absolute Gasteiger partial charge is 0.376 e. The highest BCUT2D eigenvalue weighted by atomic mass is 127. The van der Waals surface area contributed by atoms with Crippen LogP contribution < -0.4 is 10.6 Å². The number of aliphatic imine (C=N–C) groups is 1. The van der Waals surface area contributed by atoms with Crippen LogP contribution in [-0.2, 0) is 24.9 Å². The van der Waals surface area contributed by atoms with Crippen molar-refractivity contribution in [1.82, 2.24) is 25.4 Å². The standard InChI is InChI=1S/C19H27BrN6O.HI/c1-13-9-16(20)7-6-15(13)10-21-19(22-11-17-5-4-8-27-17)23-12-18-25-24-14(2)26(18)3;/h6-7,9,17H,4-5,8,10-12H2,1-3H3,(H2,21,22,23);1H. The highest BCUT2D eigenvalue weighted by molar-refractivity contribution is 14.0. The summed E-state index contributed by atoms with van der Waals surface area (Å²) < 4.78 is 8.77. The number of rotatable bonds is 6. The first-order valence-electron chi connectivity index (χ1n) is 9.26. The smallest absolute Gasteiger partial charge is 0.192 e. The zero-order valence-corrected chi connectivity index (χ0v) is 20.5. The Bertz CT molecular complexity index is 804. The van der Waals surface area contributed by atoms with Gasteiger partial charge in [-0.2, -0.15) is 0 Å². The predicted molar refractivity (Wildman–Crippen MR) is 125 cm³/mol. The Hall–Kier alpha value is -1.20. The molecule has 2 N–H and O–H groups in total. The van der Waals surface area contributed by atoms with Crippen molar-refractivity contribution in [2.75, 3.05) is 13.2 Å². The average molecular weight is 563 g/mol. The summed E-state index contributed by atoms with van der Waals surface area (Å²) in [6.45, 7) is 6.82. The van der Waals surface area contributed by atoms with Gasteiger partial charge < -0.3 is 19.9 Å². The molecule has 154 valence electrons. The van der Waals surface area contributed by atoms with Gasteiger partial charge in [-0.3, -0.25) is 0 Å². The summed E-state index contributed by atoms with van der Waals surface area (Å²) in [5.74, 6) is 2.52. The number of halogens is 2. The number of aryl methyl sites for hydroxylation is 2. The van der Waals surface area contributed by atoms with E-state index < -0.39 is 0 Å². The van der Waals surface area contributed by atoms with E-state index in [1.54, 1.807) is 0 Å². The highest BCUT2D eigenvalue weighted by Gasteiger charge is 2.16. The Morgan fingerprint density at radius 1 is 1.32 bits per heavy atom. The second-order valence-electron chi connectivity index (χ2n) is 6.83. The van der Waals surface area contributed by atoms with Gasteiger partial charge in [0.1, 0.15) is 5.82 Å². The van der Waals surface area contributed by atoms with E-state index in [-0.39, 0.29) is 30.1 Å². The lowest BCUT2D eigenvalue weighted by atomic mass is 10.1. The second kappa shape index (κ2) is 11.1. The van der Waals surface area contributed by atoms with Crippen LogP contribution in [0.15, 0.2) is 27.7 Å². The van der Waals surface area contributed by atoms with Crippen LogP contribution in [0.2, 0.25) is 0 Å². The van der Waals surface area contributed by atoms with Gasteiger partial charge in [-0.05, 0) is 49.9 Å². The molecular weight excluding hydrogens is 535 g/mol. The summed E-state index contributed by atoms with van der Waals surface area (Å²) in [6, 6.07) is 6.26. The van der Waals surface area contributed by atoms with E-state index in [9.17, 15) is 0 Å². The fourth-order valence-electron chi connectivity index (χ4n) is 2.96. The van der Waals surface area contributed by atoms with Gasteiger partial charge in [0.15, 0.2) is 11.8 Å². The highest BCUT2D eigenvalue weighted by Crippen LogP contribution is 2.16. The third-order valence-corrected chi connectivity index (χ3v) is 5.32. The molecule has 0 amide bonds. The molecule has 1 fully saturated rings. The van der Waals surface area contributed by atoms with Crippen molar-refractivity contribution in [3.05, 3.63) is 45.4 Å². The molecule has 0 spiro atoms. The minimum Gasteiger partial charge on any atom is -0.376 e. The molecule has 1 aliphatic rings. The summed E-state index contributed by atoms with van der Waals surface area (Å²) in [5.41, 5.74) is 2.42. The molecule has 28 heavy (non-hydrogen) atoms. The number of nitrogens with zero attached hydrogens (tertiary/aromatic N) is 4. The minimum absolute atomic E-state index is 0.